The van der Waals surface area contributed by atoms with Gasteiger partial charge in [-0.3, -0.25) is 4.55 Å². The van der Waals surface area contributed by atoms with E-state index >= 15 is 0 Å². The minimum Gasteiger partial charge on any atom is -0.507 e. The van der Waals surface area contributed by atoms with E-state index in [1.165, 1.54) is 6.07 Å². The molecule has 5 nitrogen and oxygen atoms in total. The van der Waals surface area contributed by atoms with Gasteiger partial charge in [-0.25, -0.2) is 0 Å². The Morgan fingerprint density at radius 3 is 2.42 bits per heavy atom. The van der Waals surface area contributed by atoms with Crippen LogP contribution in [0.3, 0.4) is 0 Å². The second-order valence-electron chi connectivity index (χ2n) is 4.65. The summed E-state index contributed by atoms with van der Waals surface area (Å²) < 4.78 is 31.1. The Morgan fingerprint density at radius 2 is 1.84 bits per heavy atom. The summed E-state index contributed by atoms with van der Waals surface area (Å²) in [5, 5.41) is 14.1. The van der Waals surface area contributed by atoms with Gasteiger partial charge in [0.1, 0.15) is 5.75 Å². The molecule has 3 N–H and O–H groups in total. The second kappa shape index (κ2) is 4.71. The molecule has 0 bridgehead atoms. The molecule has 0 spiro atoms. The van der Waals surface area contributed by atoms with Gasteiger partial charge in [0, 0.05) is 23.2 Å². The molecule has 2 rings (SSSR count). The molecule has 0 heterocycles. The number of phenolic OH excluding ortho intramolecular Hbond substituents is 1. The Bertz CT molecular complexity index is 723. The summed E-state index contributed by atoms with van der Waals surface area (Å²) in [6.07, 6.45) is 0. The van der Waals surface area contributed by atoms with Crippen molar-refractivity contribution in [3.63, 3.8) is 0 Å². The Labute approximate surface area is 111 Å². The molecule has 19 heavy (non-hydrogen) atoms. The van der Waals surface area contributed by atoms with Crippen molar-refractivity contribution in [3.05, 3.63) is 30.3 Å². The van der Waals surface area contributed by atoms with E-state index in [2.05, 4.69) is 5.32 Å². The van der Waals surface area contributed by atoms with Gasteiger partial charge in [-0.1, -0.05) is 6.07 Å². The summed E-state index contributed by atoms with van der Waals surface area (Å²) >= 11 is 0. The molecule has 0 aliphatic carbocycles. The van der Waals surface area contributed by atoms with Crippen LogP contribution in [0.2, 0.25) is 0 Å². The highest BCUT2D eigenvalue weighted by atomic mass is 32.2. The average molecular weight is 281 g/mol. The van der Waals surface area contributed by atoms with Gasteiger partial charge in [0.15, 0.2) is 0 Å². The van der Waals surface area contributed by atoms with Crippen LogP contribution in [0, 0.1) is 0 Å². The molecule has 0 aromatic heterocycles. The topological polar surface area (TPSA) is 86.6 Å². The monoisotopic (exact) mass is 281 g/mol. The van der Waals surface area contributed by atoms with Crippen LogP contribution in [-0.4, -0.2) is 24.1 Å². The molecule has 0 saturated carbocycles. The molecule has 0 aliphatic rings. The maximum atomic E-state index is 11.1. The molecule has 0 atom stereocenters. The molecular weight excluding hydrogens is 266 g/mol. The van der Waals surface area contributed by atoms with Crippen LogP contribution in [-0.2, 0) is 10.1 Å². The minimum atomic E-state index is -4.32. The van der Waals surface area contributed by atoms with E-state index in [1.54, 1.807) is 18.2 Å². The van der Waals surface area contributed by atoms with Crippen molar-refractivity contribution in [2.75, 3.05) is 5.32 Å². The van der Waals surface area contributed by atoms with Crippen molar-refractivity contribution in [1.82, 2.24) is 0 Å². The Morgan fingerprint density at radius 1 is 1.16 bits per heavy atom. The molecule has 0 unspecified atom stereocenters. The Hall–Kier alpha value is -1.79. The number of hydrogen-bond acceptors (Lipinski definition) is 4. The van der Waals surface area contributed by atoms with Crippen LogP contribution in [0.15, 0.2) is 35.2 Å². The van der Waals surface area contributed by atoms with Gasteiger partial charge in [0.25, 0.3) is 10.1 Å². The maximum absolute atomic E-state index is 11.1. The second-order valence-corrected chi connectivity index (χ2v) is 6.07. The number of rotatable bonds is 3. The smallest absolute Gasteiger partial charge is 0.294 e. The lowest BCUT2D eigenvalue weighted by atomic mass is 10.1. The molecule has 0 saturated heterocycles. The molecular formula is C13H15NO4S. The van der Waals surface area contributed by atoms with Crippen molar-refractivity contribution in [2.45, 2.75) is 24.8 Å². The SMILES string of the molecule is CC(C)Nc1ccc2cc(S(=O)(=O)O)cc(O)c2c1. The van der Waals surface area contributed by atoms with E-state index in [4.69, 9.17) is 4.55 Å². The van der Waals surface area contributed by atoms with Gasteiger partial charge >= 0.3 is 0 Å². The molecule has 6 heteroatoms. The number of nitrogens with one attached hydrogen (secondary N) is 1. The third kappa shape index (κ3) is 2.97. The largest absolute Gasteiger partial charge is 0.507 e. The standard InChI is InChI=1S/C13H15NO4S/c1-8(2)14-10-4-3-9-5-11(19(16,17)18)7-13(15)12(9)6-10/h3-8,14-15H,1-2H3,(H,16,17,18). The highest BCUT2D eigenvalue weighted by molar-refractivity contribution is 7.85. The van der Waals surface area contributed by atoms with Crippen LogP contribution in [0.4, 0.5) is 5.69 Å². The first-order valence-corrected chi connectivity index (χ1v) is 7.22. The first kappa shape index (κ1) is 13.6. The number of anilines is 1. The van der Waals surface area contributed by atoms with E-state index in [-0.39, 0.29) is 16.7 Å². The van der Waals surface area contributed by atoms with Crippen molar-refractivity contribution >= 4 is 26.6 Å². The molecule has 0 amide bonds. The van der Waals surface area contributed by atoms with Crippen molar-refractivity contribution in [2.24, 2.45) is 0 Å². The van der Waals surface area contributed by atoms with Crippen molar-refractivity contribution < 1.29 is 18.1 Å². The molecule has 0 aliphatic heterocycles. The predicted octanol–water partition coefficient (Wildman–Crippen LogP) is 2.61. The summed E-state index contributed by atoms with van der Waals surface area (Å²) in [6, 6.07) is 7.82. The van der Waals surface area contributed by atoms with Gasteiger partial charge in [0.2, 0.25) is 0 Å². The highest BCUT2D eigenvalue weighted by Crippen LogP contribution is 2.30. The fourth-order valence-corrected chi connectivity index (χ4v) is 2.42. The van der Waals surface area contributed by atoms with E-state index in [0.717, 1.165) is 11.8 Å². The number of fused-ring (bicyclic) bond motifs is 1. The Kier molecular flexibility index (Phi) is 3.38. The van der Waals surface area contributed by atoms with E-state index in [1.807, 2.05) is 13.8 Å². The highest BCUT2D eigenvalue weighted by Gasteiger charge is 2.13. The normalized spacial score (nSPS) is 12.0. The summed E-state index contributed by atoms with van der Waals surface area (Å²) in [5.41, 5.74) is 0.831. The summed E-state index contributed by atoms with van der Waals surface area (Å²) in [7, 11) is -4.32. The van der Waals surface area contributed by atoms with Crippen molar-refractivity contribution in [3.8, 4) is 5.75 Å². The minimum absolute atomic E-state index is 0.183. The average Bonchev–Trinajstić information content (AvgIpc) is 2.27. The summed E-state index contributed by atoms with van der Waals surface area (Å²) in [6.45, 7) is 3.98. The Balaban J connectivity index is 2.60. The molecule has 2 aromatic rings. The fourth-order valence-electron chi connectivity index (χ4n) is 1.88. The molecule has 2 aromatic carbocycles. The zero-order valence-corrected chi connectivity index (χ0v) is 11.4. The lowest BCUT2D eigenvalue weighted by molar-refractivity contribution is 0.471. The number of hydrogen-bond donors (Lipinski definition) is 3. The third-order valence-electron chi connectivity index (χ3n) is 2.66. The van der Waals surface area contributed by atoms with Gasteiger partial charge in [-0.2, -0.15) is 8.42 Å². The first-order chi connectivity index (χ1) is 8.77. The van der Waals surface area contributed by atoms with Crippen LogP contribution in [0.1, 0.15) is 13.8 Å². The van der Waals surface area contributed by atoms with Crippen LogP contribution >= 0.6 is 0 Å². The van der Waals surface area contributed by atoms with Crippen LogP contribution in [0.5, 0.6) is 5.75 Å². The van der Waals surface area contributed by atoms with E-state index < -0.39 is 10.1 Å². The number of benzene rings is 2. The predicted molar refractivity (Wildman–Crippen MR) is 74.2 cm³/mol. The maximum Gasteiger partial charge on any atom is 0.294 e. The van der Waals surface area contributed by atoms with Crippen molar-refractivity contribution in [1.29, 1.82) is 0 Å². The van der Waals surface area contributed by atoms with E-state index in [0.29, 0.717) is 10.8 Å². The lowest BCUT2D eigenvalue weighted by Gasteiger charge is -2.11. The number of aromatic hydroxyl groups is 1. The first-order valence-electron chi connectivity index (χ1n) is 5.78. The quantitative estimate of drug-likeness (QED) is 0.753. The zero-order chi connectivity index (χ0) is 14.2. The summed E-state index contributed by atoms with van der Waals surface area (Å²) in [4.78, 5) is -0.318. The third-order valence-corrected chi connectivity index (χ3v) is 3.49. The van der Waals surface area contributed by atoms with Gasteiger partial charge < -0.3 is 10.4 Å². The summed E-state index contributed by atoms with van der Waals surface area (Å²) in [5.74, 6) is -0.183. The lowest BCUT2D eigenvalue weighted by Crippen LogP contribution is -2.09. The number of phenols is 1. The molecule has 0 fully saturated rings. The van der Waals surface area contributed by atoms with Crippen LogP contribution in [0.25, 0.3) is 10.8 Å². The van der Waals surface area contributed by atoms with Gasteiger partial charge in [0.05, 0.1) is 4.90 Å². The van der Waals surface area contributed by atoms with Gasteiger partial charge in [-0.15, -0.1) is 0 Å². The van der Waals surface area contributed by atoms with Crippen LogP contribution < -0.4 is 5.32 Å². The fraction of sp³-hybridized carbons (Fsp3) is 0.231. The molecule has 102 valence electrons. The van der Waals surface area contributed by atoms with E-state index in [9.17, 15) is 13.5 Å². The van der Waals surface area contributed by atoms with Gasteiger partial charge in [-0.05, 0) is 37.4 Å². The zero-order valence-electron chi connectivity index (χ0n) is 10.6. The molecule has 0 radical (unpaired) electrons.